The maximum absolute atomic E-state index is 3.10. The van der Waals surface area contributed by atoms with Crippen LogP contribution in [0.5, 0.6) is 0 Å². The van der Waals surface area contributed by atoms with Crippen LogP contribution in [0.2, 0.25) is 0 Å². The van der Waals surface area contributed by atoms with Crippen molar-refractivity contribution in [1.82, 2.24) is 0 Å². The Labute approximate surface area is 240 Å². The van der Waals surface area contributed by atoms with Gasteiger partial charge in [-0.15, -0.1) is 11.6 Å². The van der Waals surface area contributed by atoms with E-state index in [-0.39, 0.29) is 51.0 Å². The first-order valence-corrected chi connectivity index (χ1v) is 11.0. The zero-order valence-electron chi connectivity index (χ0n) is 19.4. The fourth-order valence-corrected chi connectivity index (χ4v) is 2.39. The van der Waals surface area contributed by atoms with E-state index in [4.69, 9.17) is 0 Å². The SMILES string of the molecule is CC(C)=C1[C-]=CC=C1.[Cl-].[Cl-].[Zr+2].[c-]1ccc[pH]1.[c-]1ccccc1.[c-]1ccccc1.[c-]1ccccc1. The van der Waals surface area contributed by atoms with Gasteiger partial charge in [-0.3, -0.25) is 8.19 Å². The molecule has 176 valence electrons. The van der Waals surface area contributed by atoms with Gasteiger partial charge >= 0.3 is 26.2 Å². The summed E-state index contributed by atoms with van der Waals surface area (Å²) in [7, 11) is 0.823. The molecule has 1 unspecified atom stereocenters. The Balaban J connectivity index is -0.000000348. The maximum Gasteiger partial charge on any atom is 2.00 e. The number of rotatable bonds is 0. The minimum atomic E-state index is 0. The van der Waals surface area contributed by atoms with Crippen LogP contribution in [0.25, 0.3) is 0 Å². The minimum Gasteiger partial charge on any atom is -1.00 e. The van der Waals surface area contributed by atoms with Crippen LogP contribution in [0.4, 0.5) is 0 Å². The summed E-state index contributed by atoms with van der Waals surface area (Å²) < 4.78 is 0. The average molecular weight is 582 g/mol. The van der Waals surface area contributed by atoms with E-state index in [1.165, 1.54) is 11.1 Å². The Morgan fingerprint density at radius 1 is 0.618 bits per heavy atom. The van der Waals surface area contributed by atoms with Crippen molar-refractivity contribution in [2.75, 3.05) is 0 Å². The molecule has 0 saturated heterocycles. The average Bonchev–Trinajstić information content (AvgIpc) is 3.61. The molecular formula is C30H28Cl2PZr-5. The van der Waals surface area contributed by atoms with Crippen LogP contribution in [-0.4, -0.2) is 0 Å². The second-order valence-corrected chi connectivity index (χ2v) is 7.04. The molecule has 0 fully saturated rings. The molecule has 1 heterocycles. The van der Waals surface area contributed by atoms with E-state index in [1.54, 1.807) is 0 Å². The molecule has 1 aliphatic rings. The van der Waals surface area contributed by atoms with Crippen LogP contribution in [0.3, 0.4) is 0 Å². The molecule has 1 atom stereocenters. The predicted octanol–water partition coefficient (Wildman–Crippen LogP) is 2.24. The monoisotopic (exact) mass is 579 g/mol. The maximum atomic E-state index is 3.10. The van der Waals surface area contributed by atoms with Gasteiger partial charge in [-0.25, -0.2) is 6.07 Å². The Bertz CT molecular complexity index is 747. The summed E-state index contributed by atoms with van der Waals surface area (Å²) in [6.07, 6.45) is 9.10. The number of hydrogen-bond acceptors (Lipinski definition) is 0. The Hall–Kier alpha value is -1.88. The summed E-state index contributed by atoms with van der Waals surface area (Å²) in [5.41, 5.74) is 2.56. The number of allylic oxidation sites excluding steroid dienone is 6. The number of hydrogen-bond donors (Lipinski definition) is 0. The van der Waals surface area contributed by atoms with Crippen LogP contribution in [-0.2, 0) is 26.2 Å². The summed E-state index contributed by atoms with van der Waals surface area (Å²) in [6.45, 7) is 4.18. The molecule has 0 amide bonds. The second-order valence-electron chi connectivity index (χ2n) is 6.13. The zero-order valence-corrected chi connectivity index (χ0v) is 24.4. The van der Waals surface area contributed by atoms with Gasteiger partial charge in [-0.2, -0.15) is 151 Å². The Morgan fingerprint density at radius 2 is 1.06 bits per heavy atom. The summed E-state index contributed by atoms with van der Waals surface area (Å²) in [5, 5.41) is 0. The van der Waals surface area contributed by atoms with Gasteiger partial charge in [-0.1, -0.05) is 13.8 Å². The van der Waals surface area contributed by atoms with Crippen LogP contribution >= 0.6 is 8.19 Å². The fraction of sp³-hybridized carbons (Fsp3) is 0.0667. The molecule has 0 nitrogen and oxygen atoms in total. The Kier molecular flexibility index (Phi) is 31.5. The molecule has 5 rings (SSSR count). The van der Waals surface area contributed by atoms with Crippen molar-refractivity contribution in [3.05, 3.63) is 168 Å². The smallest absolute Gasteiger partial charge is 1.00 e. The topological polar surface area (TPSA) is 0 Å². The van der Waals surface area contributed by atoms with Gasteiger partial charge < -0.3 is 24.8 Å². The largest absolute Gasteiger partial charge is 2.00 e. The van der Waals surface area contributed by atoms with Crippen molar-refractivity contribution >= 4 is 8.19 Å². The van der Waals surface area contributed by atoms with Crippen molar-refractivity contribution < 1.29 is 51.0 Å². The van der Waals surface area contributed by atoms with Crippen LogP contribution in [0.15, 0.2) is 138 Å². The van der Waals surface area contributed by atoms with Crippen molar-refractivity contribution in [3.8, 4) is 0 Å². The van der Waals surface area contributed by atoms with Crippen LogP contribution in [0, 0.1) is 30.1 Å². The van der Waals surface area contributed by atoms with E-state index in [2.05, 4.69) is 55.8 Å². The molecule has 0 aliphatic heterocycles. The van der Waals surface area contributed by atoms with Gasteiger partial charge in [0.15, 0.2) is 0 Å². The third-order valence-electron chi connectivity index (χ3n) is 3.40. The van der Waals surface area contributed by atoms with Crippen molar-refractivity contribution in [1.29, 1.82) is 0 Å². The molecule has 0 spiro atoms. The number of halogens is 2. The molecular weight excluding hydrogens is 553 g/mol. The predicted molar refractivity (Wildman–Crippen MR) is 136 cm³/mol. The summed E-state index contributed by atoms with van der Waals surface area (Å²) in [5.74, 6) is 5.11. The normalized spacial score (nSPS) is 9.29. The van der Waals surface area contributed by atoms with Gasteiger partial charge in [0, 0.05) is 0 Å². The van der Waals surface area contributed by atoms with Crippen LogP contribution in [0.1, 0.15) is 13.8 Å². The first kappa shape index (κ1) is 36.7. The molecule has 4 heteroatoms. The van der Waals surface area contributed by atoms with Gasteiger partial charge in [0.1, 0.15) is 0 Å². The molecule has 0 radical (unpaired) electrons. The molecule has 34 heavy (non-hydrogen) atoms. The van der Waals surface area contributed by atoms with Crippen molar-refractivity contribution in [3.63, 3.8) is 0 Å². The van der Waals surface area contributed by atoms with E-state index in [9.17, 15) is 0 Å². The molecule has 3 aromatic carbocycles. The Morgan fingerprint density at radius 3 is 1.18 bits per heavy atom. The molecule has 0 saturated carbocycles. The summed E-state index contributed by atoms with van der Waals surface area (Å²) in [4.78, 5) is 0. The molecule has 0 bridgehead atoms. The minimum absolute atomic E-state index is 0. The molecule has 1 aromatic heterocycles. The van der Waals surface area contributed by atoms with E-state index in [0.717, 1.165) is 8.19 Å². The quantitative estimate of drug-likeness (QED) is 0.280. The summed E-state index contributed by atoms with van der Waals surface area (Å²) >= 11 is 0. The molecule has 0 N–H and O–H groups in total. The van der Waals surface area contributed by atoms with Gasteiger partial charge in [0.25, 0.3) is 0 Å². The molecule has 4 aromatic rings. The van der Waals surface area contributed by atoms with Gasteiger partial charge in [0.2, 0.25) is 0 Å². The van der Waals surface area contributed by atoms with Gasteiger partial charge in [-0.05, 0) is 0 Å². The second kappa shape index (κ2) is 29.2. The third kappa shape index (κ3) is 24.8. The van der Waals surface area contributed by atoms with Crippen molar-refractivity contribution in [2.45, 2.75) is 13.8 Å². The van der Waals surface area contributed by atoms with E-state index in [0.29, 0.717) is 0 Å². The fourth-order valence-electron chi connectivity index (χ4n) is 1.91. The van der Waals surface area contributed by atoms with Gasteiger partial charge in [0.05, 0.1) is 0 Å². The van der Waals surface area contributed by atoms with Crippen molar-refractivity contribution in [2.24, 2.45) is 0 Å². The first-order valence-electron chi connectivity index (χ1n) is 9.97. The molecule has 1 aliphatic carbocycles. The zero-order chi connectivity index (χ0) is 22.2. The third-order valence-corrected chi connectivity index (χ3v) is 4.09. The number of benzene rings is 3. The van der Waals surface area contributed by atoms with E-state index in [1.807, 2.05) is 115 Å². The standard InChI is InChI=1S/C8H9.3C6H5.C4H4P.2ClH.Zr/c1-7(2)8-5-3-4-6-8;3*1-2-4-6-5-3-1;1-2-4-5-3-1;;;/h3-5H,1-2H3;3*1-5H;1-3,5H;2*1H;/q5*-1;;;+2/p-2. The summed E-state index contributed by atoms with van der Waals surface area (Å²) in [6, 6.07) is 41.5. The van der Waals surface area contributed by atoms with Crippen LogP contribution < -0.4 is 24.8 Å². The first-order chi connectivity index (χ1) is 15.3. The van der Waals surface area contributed by atoms with E-state index >= 15 is 0 Å². The van der Waals surface area contributed by atoms with E-state index < -0.39 is 0 Å².